The van der Waals surface area contributed by atoms with E-state index < -0.39 is 11.9 Å². The lowest BCUT2D eigenvalue weighted by Crippen LogP contribution is -2.17. The Morgan fingerprint density at radius 1 is 1.20 bits per heavy atom. The van der Waals surface area contributed by atoms with Crippen molar-refractivity contribution in [2.24, 2.45) is 0 Å². The van der Waals surface area contributed by atoms with Crippen LogP contribution in [0.3, 0.4) is 0 Å². The Morgan fingerprint density at radius 3 is 2.85 bits per heavy atom. The van der Waals surface area contributed by atoms with Crippen molar-refractivity contribution < 1.29 is 14.0 Å². The number of aliphatic hydroxyl groups is 1. The second-order valence-corrected chi connectivity index (χ2v) is 5.13. The van der Waals surface area contributed by atoms with Crippen LogP contribution in [0.5, 0.6) is 0 Å². The number of hydrogen-bond donors (Lipinski definition) is 1. The van der Waals surface area contributed by atoms with Gasteiger partial charge in [-0.05, 0) is 25.0 Å². The van der Waals surface area contributed by atoms with Crippen LogP contribution in [0.25, 0.3) is 11.5 Å². The third kappa shape index (κ3) is 2.70. The van der Waals surface area contributed by atoms with Crippen molar-refractivity contribution >= 4 is 0 Å². The average Bonchev–Trinajstić information content (AvgIpc) is 2.83. The van der Waals surface area contributed by atoms with Gasteiger partial charge in [0.25, 0.3) is 0 Å². The van der Waals surface area contributed by atoms with E-state index in [1.165, 1.54) is 12.1 Å². The first-order chi connectivity index (χ1) is 9.74. The molecule has 20 heavy (non-hydrogen) atoms. The topological polar surface area (TPSA) is 72.0 Å². The van der Waals surface area contributed by atoms with Gasteiger partial charge in [-0.15, -0.1) is 0 Å². The first-order valence-electron chi connectivity index (χ1n) is 6.87. The monoisotopic (exact) mass is 277 g/mol. The standard InChI is InChI=1S/C14H16FN3O2/c15-9-6-7-11(16-8-9)13-17-14(20-18-13)10-4-2-1-3-5-12(10)19/h6-8,10,12,19H,1-5H2. The Hall–Kier alpha value is -1.82. The second kappa shape index (κ2) is 5.66. The number of pyridine rings is 1. The molecule has 6 heteroatoms. The summed E-state index contributed by atoms with van der Waals surface area (Å²) in [7, 11) is 0. The Bertz CT molecular complexity index is 570. The smallest absolute Gasteiger partial charge is 0.232 e. The molecule has 2 heterocycles. The first-order valence-corrected chi connectivity index (χ1v) is 6.87. The van der Waals surface area contributed by atoms with Gasteiger partial charge in [0.1, 0.15) is 11.5 Å². The molecular weight excluding hydrogens is 261 g/mol. The molecule has 0 amide bonds. The molecule has 0 aliphatic heterocycles. The van der Waals surface area contributed by atoms with Gasteiger partial charge in [-0.25, -0.2) is 9.37 Å². The van der Waals surface area contributed by atoms with Crippen LogP contribution in [-0.2, 0) is 0 Å². The molecule has 2 aromatic heterocycles. The molecule has 1 fully saturated rings. The number of aliphatic hydroxyl groups excluding tert-OH is 1. The van der Waals surface area contributed by atoms with Crippen molar-refractivity contribution in [1.82, 2.24) is 15.1 Å². The van der Waals surface area contributed by atoms with E-state index >= 15 is 0 Å². The molecule has 1 aliphatic carbocycles. The minimum atomic E-state index is -0.438. The first kappa shape index (κ1) is 13.2. The number of aromatic nitrogens is 3. The summed E-state index contributed by atoms with van der Waals surface area (Å²) in [5.41, 5.74) is 0.463. The minimum Gasteiger partial charge on any atom is -0.392 e. The molecule has 1 aliphatic rings. The van der Waals surface area contributed by atoms with Crippen molar-refractivity contribution in [3.8, 4) is 11.5 Å². The van der Waals surface area contributed by atoms with Crippen molar-refractivity contribution in [2.75, 3.05) is 0 Å². The van der Waals surface area contributed by atoms with Gasteiger partial charge < -0.3 is 9.63 Å². The highest BCUT2D eigenvalue weighted by molar-refractivity contribution is 5.47. The average molecular weight is 277 g/mol. The molecule has 0 bridgehead atoms. The van der Waals surface area contributed by atoms with Crippen LogP contribution in [0.2, 0.25) is 0 Å². The third-order valence-electron chi connectivity index (χ3n) is 3.69. The van der Waals surface area contributed by atoms with E-state index in [0.717, 1.165) is 38.3 Å². The maximum atomic E-state index is 12.8. The van der Waals surface area contributed by atoms with Gasteiger partial charge in [0.2, 0.25) is 11.7 Å². The predicted molar refractivity (Wildman–Crippen MR) is 69.3 cm³/mol. The highest BCUT2D eigenvalue weighted by Crippen LogP contribution is 2.31. The molecule has 2 unspecified atom stereocenters. The van der Waals surface area contributed by atoms with Gasteiger partial charge in [-0.1, -0.05) is 24.4 Å². The van der Waals surface area contributed by atoms with Crippen LogP contribution in [0.4, 0.5) is 4.39 Å². The van der Waals surface area contributed by atoms with E-state index in [9.17, 15) is 9.50 Å². The van der Waals surface area contributed by atoms with Gasteiger partial charge in [0.15, 0.2) is 0 Å². The molecule has 0 saturated heterocycles. The van der Waals surface area contributed by atoms with Gasteiger partial charge in [-0.3, -0.25) is 0 Å². The van der Waals surface area contributed by atoms with E-state index in [1.807, 2.05) is 0 Å². The van der Waals surface area contributed by atoms with Gasteiger partial charge in [-0.2, -0.15) is 4.98 Å². The van der Waals surface area contributed by atoms with Gasteiger partial charge in [0.05, 0.1) is 18.2 Å². The lowest BCUT2D eigenvalue weighted by Gasteiger charge is -2.15. The molecule has 106 valence electrons. The van der Waals surface area contributed by atoms with E-state index in [0.29, 0.717) is 17.4 Å². The lowest BCUT2D eigenvalue weighted by molar-refractivity contribution is 0.119. The normalized spacial score (nSPS) is 23.5. The Morgan fingerprint density at radius 2 is 2.05 bits per heavy atom. The zero-order valence-electron chi connectivity index (χ0n) is 11.0. The zero-order chi connectivity index (χ0) is 13.9. The van der Waals surface area contributed by atoms with Crippen molar-refractivity contribution in [1.29, 1.82) is 0 Å². The maximum Gasteiger partial charge on any atom is 0.232 e. The zero-order valence-corrected chi connectivity index (χ0v) is 11.0. The van der Waals surface area contributed by atoms with E-state index in [4.69, 9.17) is 4.52 Å². The molecule has 0 aromatic carbocycles. The Labute approximate surface area is 115 Å². The van der Waals surface area contributed by atoms with Crippen LogP contribution < -0.4 is 0 Å². The molecule has 1 saturated carbocycles. The summed E-state index contributed by atoms with van der Waals surface area (Å²) >= 11 is 0. The van der Waals surface area contributed by atoms with Crippen molar-refractivity contribution in [2.45, 2.75) is 44.1 Å². The third-order valence-corrected chi connectivity index (χ3v) is 3.69. The number of hydrogen-bond acceptors (Lipinski definition) is 5. The summed E-state index contributed by atoms with van der Waals surface area (Å²) in [6, 6.07) is 2.81. The quantitative estimate of drug-likeness (QED) is 0.854. The van der Waals surface area contributed by atoms with Gasteiger partial charge >= 0.3 is 0 Å². The molecule has 5 nitrogen and oxygen atoms in total. The summed E-state index contributed by atoms with van der Waals surface area (Å²) in [5.74, 6) is 0.257. The summed E-state index contributed by atoms with van der Waals surface area (Å²) < 4.78 is 18.1. The summed E-state index contributed by atoms with van der Waals surface area (Å²) in [5, 5.41) is 14.0. The largest absolute Gasteiger partial charge is 0.392 e. The summed E-state index contributed by atoms with van der Waals surface area (Å²) in [6.07, 6.45) is 5.48. The van der Waals surface area contributed by atoms with Crippen LogP contribution >= 0.6 is 0 Å². The number of rotatable bonds is 2. The lowest BCUT2D eigenvalue weighted by atomic mass is 9.97. The predicted octanol–water partition coefficient (Wildman–Crippen LogP) is 2.68. The second-order valence-electron chi connectivity index (χ2n) is 5.13. The minimum absolute atomic E-state index is 0.112. The summed E-state index contributed by atoms with van der Waals surface area (Å²) in [6.45, 7) is 0. The summed E-state index contributed by atoms with van der Waals surface area (Å²) in [4.78, 5) is 8.23. The molecule has 2 atom stereocenters. The maximum absolute atomic E-state index is 12.8. The van der Waals surface area contributed by atoms with Crippen LogP contribution in [0.1, 0.15) is 43.9 Å². The Balaban J connectivity index is 1.83. The fourth-order valence-corrected chi connectivity index (χ4v) is 2.57. The molecule has 3 rings (SSSR count). The highest BCUT2D eigenvalue weighted by atomic mass is 19.1. The van der Waals surface area contributed by atoms with E-state index in [-0.39, 0.29) is 5.92 Å². The van der Waals surface area contributed by atoms with Crippen LogP contribution in [0.15, 0.2) is 22.9 Å². The fraction of sp³-hybridized carbons (Fsp3) is 0.500. The Kier molecular flexibility index (Phi) is 3.73. The molecule has 0 spiro atoms. The van der Waals surface area contributed by atoms with Gasteiger partial charge in [0, 0.05) is 0 Å². The van der Waals surface area contributed by atoms with Crippen molar-refractivity contribution in [3.63, 3.8) is 0 Å². The van der Waals surface area contributed by atoms with Crippen LogP contribution in [-0.4, -0.2) is 26.3 Å². The molecule has 0 radical (unpaired) electrons. The number of halogens is 1. The molecule has 1 N–H and O–H groups in total. The van der Waals surface area contributed by atoms with Crippen molar-refractivity contribution in [3.05, 3.63) is 30.0 Å². The SMILES string of the molecule is OC1CCCCCC1c1nc(-c2ccc(F)cn2)no1. The molecule has 2 aromatic rings. The van der Waals surface area contributed by atoms with E-state index in [1.54, 1.807) is 0 Å². The fourth-order valence-electron chi connectivity index (χ4n) is 2.57. The van der Waals surface area contributed by atoms with Crippen LogP contribution in [0, 0.1) is 5.82 Å². The molecular formula is C14H16FN3O2. The number of nitrogens with zero attached hydrogens (tertiary/aromatic N) is 3. The van der Waals surface area contributed by atoms with E-state index in [2.05, 4.69) is 15.1 Å². The highest BCUT2D eigenvalue weighted by Gasteiger charge is 2.28.